The molecule has 376 valence electrons. The molecule has 5 saturated carbocycles. The molecule has 18 heteroatoms. The van der Waals surface area contributed by atoms with Gasteiger partial charge in [-0.3, -0.25) is 0 Å². The second-order valence-electron chi connectivity index (χ2n) is 23.5. The molecule has 3 heterocycles. The van der Waals surface area contributed by atoms with Gasteiger partial charge >= 0.3 is 0 Å². The molecule has 18 nitrogen and oxygen atoms in total. The maximum absolute atomic E-state index is 12.5. The van der Waals surface area contributed by atoms with Gasteiger partial charge in [-0.2, -0.15) is 0 Å². The van der Waals surface area contributed by atoms with E-state index >= 15 is 0 Å². The summed E-state index contributed by atoms with van der Waals surface area (Å²) in [5, 5.41) is 130. The van der Waals surface area contributed by atoms with Crippen LogP contribution in [0, 0.1) is 50.7 Å². The van der Waals surface area contributed by atoms with Gasteiger partial charge in [0.1, 0.15) is 61.0 Å². The van der Waals surface area contributed by atoms with Crippen LogP contribution in [0.1, 0.15) is 113 Å². The van der Waals surface area contributed by atoms with E-state index in [9.17, 15) is 61.3 Å². The van der Waals surface area contributed by atoms with Gasteiger partial charge in [0.05, 0.1) is 49.3 Å². The lowest BCUT2D eigenvalue weighted by atomic mass is 9.41. The molecule has 26 atom stereocenters. The van der Waals surface area contributed by atoms with Crippen molar-refractivity contribution in [2.75, 3.05) is 13.2 Å². The van der Waals surface area contributed by atoms with Crippen LogP contribution in [0.15, 0.2) is 0 Å². The van der Waals surface area contributed by atoms with Gasteiger partial charge in [0.25, 0.3) is 0 Å². The third-order valence-corrected chi connectivity index (χ3v) is 19.3. The van der Waals surface area contributed by atoms with E-state index in [0.717, 1.165) is 25.7 Å². The van der Waals surface area contributed by atoms with Crippen LogP contribution in [-0.4, -0.2) is 191 Å². The number of ether oxygens (including phenoxy) is 6. The van der Waals surface area contributed by atoms with Gasteiger partial charge in [-0.25, -0.2) is 0 Å². The van der Waals surface area contributed by atoms with Gasteiger partial charge in [0.15, 0.2) is 18.9 Å². The molecule has 5 aliphatic carbocycles. The molecule has 1 unspecified atom stereocenters. The highest BCUT2D eigenvalue weighted by molar-refractivity contribution is 5.32. The van der Waals surface area contributed by atoms with E-state index in [1.54, 1.807) is 13.8 Å². The van der Waals surface area contributed by atoms with Crippen molar-refractivity contribution in [1.29, 1.82) is 0 Å². The second kappa shape index (κ2) is 17.5. The van der Waals surface area contributed by atoms with E-state index in [-0.39, 0.29) is 51.9 Å². The molecule has 8 aliphatic rings. The van der Waals surface area contributed by atoms with Crippen molar-refractivity contribution >= 4 is 0 Å². The Morgan fingerprint density at radius 2 is 1.35 bits per heavy atom. The fraction of sp³-hybridized carbons (Fsp3) is 1.00. The largest absolute Gasteiger partial charge is 0.394 e. The van der Waals surface area contributed by atoms with E-state index in [2.05, 4.69) is 34.6 Å². The zero-order valence-electron chi connectivity index (χ0n) is 39.3. The van der Waals surface area contributed by atoms with Crippen LogP contribution in [0.5, 0.6) is 0 Å². The molecule has 0 radical (unpaired) electrons. The van der Waals surface area contributed by atoms with Gasteiger partial charge in [-0.1, -0.05) is 34.6 Å². The molecule has 2 spiro atoms. The Morgan fingerprint density at radius 1 is 0.692 bits per heavy atom. The Morgan fingerprint density at radius 3 is 2.02 bits per heavy atom. The number of aliphatic hydroxyl groups excluding tert-OH is 11. The Labute approximate surface area is 382 Å². The summed E-state index contributed by atoms with van der Waals surface area (Å²) in [4.78, 5) is 0. The molecular formula is C47H80O18. The quantitative estimate of drug-likeness (QED) is 0.109. The lowest BCUT2D eigenvalue weighted by Crippen LogP contribution is -2.64. The summed E-state index contributed by atoms with van der Waals surface area (Å²) in [6.07, 6.45) is -15.8. The average Bonchev–Trinajstić information content (AvgIpc) is 3.82. The third-order valence-electron chi connectivity index (χ3n) is 19.3. The first-order valence-electron chi connectivity index (χ1n) is 24.2. The number of aliphatic hydroxyl groups is 12. The van der Waals surface area contributed by atoms with E-state index in [0.29, 0.717) is 32.1 Å². The normalized spacial score (nSPS) is 55.0. The highest BCUT2D eigenvalue weighted by Gasteiger charge is 2.84. The molecule has 65 heavy (non-hydrogen) atoms. The Balaban J connectivity index is 0.963. The van der Waals surface area contributed by atoms with Crippen LogP contribution in [0.3, 0.4) is 0 Å². The Hall–Kier alpha value is -0.720. The topological polar surface area (TPSA) is 298 Å². The monoisotopic (exact) mass is 933 g/mol. The minimum absolute atomic E-state index is 0.0162. The number of fused-ring (bicyclic) bond motifs is 2. The predicted molar refractivity (Wildman–Crippen MR) is 227 cm³/mol. The number of hydrogen-bond donors (Lipinski definition) is 12. The first-order valence-corrected chi connectivity index (χ1v) is 24.2. The van der Waals surface area contributed by atoms with Crippen LogP contribution >= 0.6 is 0 Å². The van der Waals surface area contributed by atoms with Crippen molar-refractivity contribution in [2.24, 2.45) is 50.7 Å². The summed E-state index contributed by atoms with van der Waals surface area (Å²) in [7, 11) is 0. The maximum Gasteiger partial charge on any atom is 0.187 e. The molecule has 0 amide bonds. The van der Waals surface area contributed by atoms with Crippen LogP contribution in [0.2, 0.25) is 0 Å². The second-order valence-corrected chi connectivity index (χ2v) is 23.5. The summed E-state index contributed by atoms with van der Waals surface area (Å²) >= 11 is 0. The molecular weight excluding hydrogens is 852 g/mol. The minimum Gasteiger partial charge on any atom is -0.394 e. The summed E-state index contributed by atoms with van der Waals surface area (Å²) in [6.45, 7) is 14.9. The smallest absolute Gasteiger partial charge is 0.187 e. The van der Waals surface area contributed by atoms with Gasteiger partial charge in [0, 0.05) is 0 Å². The van der Waals surface area contributed by atoms with Crippen LogP contribution in [0.4, 0.5) is 0 Å². The standard InChI is InChI=1S/C47H80O18/c1-20(9-10-28(43(5,6)59)64-40-36(58)34(56)32(54)25(17-48)62-40)29-23(50)16-45(8)26-15-22(49)38-42(3,4)27(11-12-47(38)19-46(26,47)14-13-44(29,45)7)63-41-37(31(53)24(51)18-60-41)65-39-35(57)33(55)30(52)21(2)61-39/h20-41,48-59H,9-19H2,1-8H3/t20-,21+,22+,23+,24-,25-,26+,27+,28+,29+,30+,31+,32-,33-,34+,35-,36-,37-,38?,39+,40+,41+,44-,45+,46+,47-/m1/s1. The van der Waals surface area contributed by atoms with Crippen molar-refractivity contribution in [3.05, 3.63) is 0 Å². The van der Waals surface area contributed by atoms with E-state index in [1.165, 1.54) is 6.92 Å². The van der Waals surface area contributed by atoms with E-state index in [4.69, 9.17) is 28.4 Å². The third kappa shape index (κ3) is 7.91. The maximum atomic E-state index is 12.5. The molecule has 3 saturated heterocycles. The number of rotatable bonds is 12. The van der Waals surface area contributed by atoms with E-state index in [1.807, 2.05) is 0 Å². The molecule has 3 aliphatic heterocycles. The Bertz CT molecular complexity index is 1680. The van der Waals surface area contributed by atoms with Crippen LogP contribution in [0.25, 0.3) is 0 Å². The molecule has 0 aromatic heterocycles. The molecule has 0 aromatic carbocycles. The molecule has 0 aromatic rings. The van der Waals surface area contributed by atoms with Crippen molar-refractivity contribution in [3.63, 3.8) is 0 Å². The SMILES string of the molecule is C[C@H](CC[C@H](O[C@@H]1O[C@H](CO)[C@@H](O)[C@H](O)[C@H]1O)C(C)(C)O)[C@H]1[C@@H](O)C[C@@]2(C)[C@@H]3C[C@H](O)C4C(C)(C)[C@@H](O[C@@H]5OC[C@@H](O)[C@H](O)[C@H]5O[C@@H]5O[C@@H](C)[C@H](O)[C@@H](O)[C@H]5O)CC[C@@]45C[C@@]35CC[C@]12C. The summed E-state index contributed by atoms with van der Waals surface area (Å²) < 4.78 is 36.1. The van der Waals surface area contributed by atoms with Gasteiger partial charge in [-0.15, -0.1) is 0 Å². The predicted octanol–water partition coefficient (Wildman–Crippen LogP) is -0.585. The first-order chi connectivity index (χ1) is 30.2. The number of hydrogen-bond acceptors (Lipinski definition) is 18. The lowest BCUT2D eigenvalue weighted by Gasteiger charge is -2.64. The van der Waals surface area contributed by atoms with Crippen molar-refractivity contribution in [1.82, 2.24) is 0 Å². The summed E-state index contributed by atoms with van der Waals surface area (Å²) in [5.41, 5.74) is -2.76. The molecule has 8 rings (SSSR count). The lowest BCUT2D eigenvalue weighted by molar-refractivity contribution is -0.364. The minimum atomic E-state index is -1.65. The van der Waals surface area contributed by atoms with Gasteiger partial charge in [0.2, 0.25) is 0 Å². The highest BCUT2D eigenvalue weighted by Crippen LogP contribution is 2.89. The molecule has 0 bridgehead atoms. The van der Waals surface area contributed by atoms with Crippen molar-refractivity contribution in [3.8, 4) is 0 Å². The average molecular weight is 933 g/mol. The van der Waals surface area contributed by atoms with Gasteiger partial charge in [-0.05, 0) is 129 Å². The van der Waals surface area contributed by atoms with Gasteiger partial charge < -0.3 is 89.7 Å². The van der Waals surface area contributed by atoms with E-state index < -0.39 is 128 Å². The van der Waals surface area contributed by atoms with Crippen LogP contribution in [-0.2, 0) is 28.4 Å². The zero-order valence-corrected chi connectivity index (χ0v) is 39.3. The fourth-order valence-electron chi connectivity index (χ4n) is 15.7. The summed E-state index contributed by atoms with van der Waals surface area (Å²) in [5.74, 6) is -0.104. The zero-order chi connectivity index (χ0) is 47.7. The molecule has 12 N–H and O–H groups in total. The van der Waals surface area contributed by atoms with Crippen molar-refractivity contribution in [2.45, 2.75) is 229 Å². The first kappa shape index (κ1) is 50.7. The summed E-state index contributed by atoms with van der Waals surface area (Å²) in [6, 6.07) is 0. The van der Waals surface area contributed by atoms with Crippen molar-refractivity contribution < 1.29 is 89.7 Å². The highest BCUT2D eigenvalue weighted by atomic mass is 16.8. The molecule has 8 fully saturated rings. The Kier molecular flexibility index (Phi) is 13.7. The fourth-order valence-corrected chi connectivity index (χ4v) is 15.7. The van der Waals surface area contributed by atoms with Crippen LogP contribution < -0.4 is 0 Å².